The third-order valence-electron chi connectivity index (χ3n) is 4.48. The SMILES string of the molecule is Fc1ccc([S+](c2ccccc2)c2ccccc2)cc1.O=S(=O)([O-])c1ccc(C(F)(F)F)cc1. The summed E-state index contributed by atoms with van der Waals surface area (Å²) in [6.45, 7) is 0. The van der Waals surface area contributed by atoms with Gasteiger partial charge in [0.15, 0.2) is 14.7 Å². The van der Waals surface area contributed by atoms with Crippen LogP contribution in [-0.2, 0) is 27.2 Å². The molecule has 4 aromatic carbocycles. The van der Waals surface area contributed by atoms with Crippen molar-refractivity contribution < 1.29 is 30.5 Å². The number of rotatable bonds is 4. The molecule has 0 atom stereocenters. The molecule has 9 heteroatoms. The molecule has 176 valence electrons. The van der Waals surface area contributed by atoms with Crippen molar-refractivity contribution in [3.63, 3.8) is 0 Å². The molecule has 34 heavy (non-hydrogen) atoms. The molecule has 0 bridgehead atoms. The fourth-order valence-corrected chi connectivity index (χ4v) is 5.46. The van der Waals surface area contributed by atoms with Gasteiger partial charge in [-0.2, -0.15) is 13.2 Å². The van der Waals surface area contributed by atoms with Crippen LogP contribution < -0.4 is 0 Å². The van der Waals surface area contributed by atoms with Crippen molar-refractivity contribution in [2.75, 3.05) is 0 Å². The monoisotopic (exact) mass is 506 g/mol. The molecule has 0 aliphatic rings. The van der Waals surface area contributed by atoms with Crippen molar-refractivity contribution in [2.24, 2.45) is 0 Å². The van der Waals surface area contributed by atoms with E-state index in [1.165, 1.54) is 21.9 Å². The summed E-state index contributed by atoms with van der Waals surface area (Å²) < 4.78 is 80.2. The Morgan fingerprint density at radius 3 is 1.41 bits per heavy atom. The number of hydrogen-bond donors (Lipinski definition) is 0. The van der Waals surface area contributed by atoms with Crippen molar-refractivity contribution in [3.8, 4) is 0 Å². The zero-order chi connectivity index (χ0) is 24.8. The Balaban J connectivity index is 0.000000204. The molecule has 0 aliphatic heterocycles. The van der Waals surface area contributed by atoms with Crippen LogP contribution in [0.2, 0.25) is 0 Å². The topological polar surface area (TPSA) is 57.2 Å². The van der Waals surface area contributed by atoms with Crippen LogP contribution in [0.5, 0.6) is 0 Å². The first-order valence-electron chi connectivity index (χ1n) is 9.79. The lowest BCUT2D eigenvalue weighted by Crippen LogP contribution is -2.05. The van der Waals surface area contributed by atoms with Gasteiger partial charge in [-0.1, -0.05) is 36.4 Å². The van der Waals surface area contributed by atoms with Crippen LogP contribution in [-0.4, -0.2) is 13.0 Å². The minimum absolute atomic E-state index is 0.190. The molecular weight excluding hydrogens is 488 g/mol. The predicted molar refractivity (Wildman–Crippen MR) is 121 cm³/mol. The van der Waals surface area contributed by atoms with E-state index in [2.05, 4.69) is 24.3 Å². The highest BCUT2D eigenvalue weighted by Gasteiger charge is 2.30. The van der Waals surface area contributed by atoms with E-state index >= 15 is 0 Å². The molecule has 0 spiro atoms. The summed E-state index contributed by atoms with van der Waals surface area (Å²) in [7, 11) is -4.87. The summed E-state index contributed by atoms with van der Waals surface area (Å²) in [6.07, 6.45) is -4.54. The summed E-state index contributed by atoms with van der Waals surface area (Å²) in [5.74, 6) is -0.196. The van der Waals surface area contributed by atoms with E-state index in [-0.39, 0.29) is 16.7 Å². The minimum Gasteiger partial charge on any atom is -0.744 e. The average molecular weight is 507 g/mol. The van der Waals surface area contributed by atoms with Gasteiger partial charge < -0.3 is 4.55 Å². The average Bonchev–Trinajstić information content (AvgIpc) is 2.81. The van der Waals surface area contributed by atoms with Gasteiger partial charge in [-0.3, -0.25) is 0 Å². The smallest absolute Gasteiger partial charge is 0.416 e. The second-order valence-corrected chi connectivity index (χ2v) is 10.3. The van der Waals surface area contributed by atoms with Crippen LogP contribution >= 0.6 is 0 Å². The van der Waals surface area contributed by atoms with Gasteiger partial charge in [-0.25, -0.2) is 12.8 Å². The van der Waals surface area contributed by atoms with E-state index in [1.54, 1.807) is 0 Å². The second-order valence-electron chi connectivity index (χ2n) is 6.86. The summed E-state index contributed by atoms with van der Waals surface area (Å²) in [5.41, 5.74) is -0.995. The largest absolute Gasteiger partial charge is 0.744 e. The summed E-state index contributed by atoms with van der Waals surface area (Å²) in [6, 6.07) is 29.9. The maximum atomic E-state index is 13.2. The Morgan fingerprint density at radius 2 is 1.03 bits per heavy atom. The predicted octanol–water partition coefficient (Wildman–Crippen LogP) is 6.53. The normalized spacial score (nSPS) is 11.6. The lowest BCUT2D eigenvalue weighted by atomic mass is 10.2. The lowest BCUT2D eigenvalue weighted by molar-refractivity contribution is -0.137. The molecule has 3 nitrogen and oxygen atoms in total. The van der Waals surface area contributed by atoms with Crippen molar-refractivity contribution in [1.82, 2.24) is 0 Å². The third-order valence-corrected chi connectivity index (χ3v) is 7.56. The van der Waals surface area contributed by atoms with Crippen molar-refractivity contribution in [3.05, 3.63) is 121 Å². The molecule has 0 heterocycles. The summed E-state index contributed by atoms with van der Waals surface area (Å²) >= 11 is 0. The Kier molecular flexibility index (Phi) is 8.14. The maximum absolute atomic E-state index is 13.2. The van der Waals surface area contributed by atoms with E-state index < -0.39 is 26.8 Å². The van der Waals surface area contributed by atoms with Gasteiger partial charge in [-0.05, 0) is 72.8 Å². The van der Waals surface area contributed by atoms with Gasteiger partial charge in [0.2, 0.25) is 0 Å². The summed E-state index contributed by atoms with van der Waals surface area (Å²) in [5, 5.41) is 0. The second kappa shape index (κ2) is 10.9. The van der Waals surface area contributed by atoms with Crippen LogP contribution in [0.25, 0.3) is 0 Å². The number of alkyl halides is 3. The Morgan fingerprint density at radius 1 is 0.618 bits per heavy atom. The zero-order valence-electron chi connectivity index (χ0n) is 17.4. The summed E-state index contributed by atoms with van der Waals surface area (Å²) in [4.78, 5) is 2.94. The molecule has 0 saturated carbocycles. The first-order chi connectivity index (χ1) is 16.1. The molecule has 0 amide bonds. The molecule has 0 N–H and O–H groups in total. The zero-order valence-corrected chi connectivity index (χ0v) is 19.1. The van der Waals surface area contributed by atoms with Crippen molar-refractivity contribution in [1.29, 1.82) is 0 Å². The van der Waals surface area contributed by atoms with E-state index in [4.69, 9.17) is 0 Å². The van der Waals surface area contributed by atoms with Gasteiger partial charge in [0.05, 0.1) is 21.4 Å². The fraction of sp³-hybridized carbons (Fsp3) is 0.0400. The van der Waals surface area contributed by atoms with Crippen molar-refractivity contribution >= 4 is 21.0 Å². The quantitative estimate of drug-likeness (QED) is 0.180. The fourth-order valence-electron chi connectivity index (χ4n) is 2.90. The molecular formula is C25H18F4O3S2. The molecule has 0 aromatic heterocycles. The van der Waals surface area contributed by atoms with Crippen LogP contribution in [0.4, 0.5) is 17.6 Å². The van der Waals surface area contributed by atoms with Gasteiger partial charge in [0.1, 0.15) is 15.9 Å². The number of hydrogen-bond acceptors (Lipinski definition) is 3. The van der Waals surface area contributed by atoms with E-state index in [9.17, 15) is 30.5 Å². The Hall–Kier alpha value is -3.14. The van der Waals surface area contributed by atoms with Crippen LogP contribution in [0.3, 0.4) is 0 Å². The third kappa shape index (κ3) is 6.93. The van der Waals surface area contributed by atoms with Gasteiger partial charge in [0.25, 0.3) is 0 Å². The molecule has 0 saturated heterocycles. The molecule has 0 radical (unpaired) electrons. The standard InChI is InChI=1S/C18H14FS.C7H5F3O3S/c19-15-11-13-18(14-12-15)20(16-7-3-1-4-8-16)17-9-5-2-6-10-17;8-7(9,10)5-1-3-6(4-2-5)14(11,12)13/h1-14H;1-4H,(H,11,12,13)/q+1;/p-1. The van der Waals surface area contributed by atoms with Gasteiger partial charge in [0, 0.05) is 0 Å². The molecule has 0 aliphatic carbocycles. The van der Waals surface area contributed by atoms with Gasteiger partial charge in [-0.15, -0.1) is 0 Å². The van der Waals surface area contributed by atoms with Crippen LogP contribution in [0.1, 0.15) is 5.56 Å². The minimum atomic E-state index is -4.68. The Labute approximate surface area is 197 Å². The van der Waals surface area contributed by atoms with Crippen molar-refractivity contribution in [2.45, 2.75) is 25.8 Å². The Bertz CT molecular complexity index is 1250. The van der Waals surface area contributed by atoms with E-state index in [0.717, 1.165) is 4.90 Å². The van der Waals surface area contributed by atoms with E-state index in [0.29, 0.717) is 24.3 Å². The number of benzene rings is 4. The highest BCUT2D eigenvalue weighted by Crippen LogP contribution is 2.31. The molecule has 0 fully saturated rings. The molecule has 0 unspecified atom stereocenters. The highest BCUT2D eigenvalue weighted by molar-refractivity contribution is 7.97. The number of halogens is 4. The highest BCUT2D eigenvalue weighted by atomic mass is 32.2. The molecule has 4 rings (SSSR count). The van der Waals surface area contributed by atoms with E-state index in [1.807, 2.05) is 48.5 Å². The van der Waals surface area contributed by atoms with Gasteiger partial charge >= 0.3 is 6.18 Å². The molecule has 4 aromatic rings. The first kappa shape index (κ1) is 25.5. The van der Waals surface area contributed by atoms with Crippen LogP contribution in [0.15, 0.2) is 129 Å². The maximum Gasteiger partial charge on any atom is 0.416 e. The van der Waals surface area contributed by atoms with Crippen LogP contribution in [0, 0.1) is 5.82 Å². The first-order valence-corrected chi connectivity index (χ1v) is 12.4. The lowest BCUT2D eigenvalue weighted by Gasteiger charge is -2.09.